The van der Waals surface area contributed by atoms with E-state index >= 15 is 0 Å². The number of aromatic nitrogens is 4. The first-order valence-corrected chi connectivity index (χ1v) is 13.5. The van der Waals surface area contributed by atoms with Gasteiger partial charge in [0.1, 0.15) is 17.2 Å². The monoisotopic (exact) mass is 477 g/mol. The average molecular weight is 478 g/mol. The molecule has 0 spiro atoms. The van der Waals surface area contributed by atoms with Crippen LogP contribution >= 0.6 is 23.1 Å². The highest BCUT2D eigenvalue weighted by Gasteiger charge is 2.41. The van der Waals surface area contributed by atoms with E-state index < -0.39 is 6.04 Å². The lowest BCUT2D eigenvalue weighted by Gasteiger charge is -2.23. The van der Waals surface area contributed by atoms with Crippen LogP contribution in [0.1, 0.15) is 68.7 Å². The predicted octanol–water partition coefficient (Wildman–Crippen LogP) is 4.70. The third-order valence-electron chi connectivity index (χ3n) is 6.59. The summed E-state index contributed by atoms with van der Waals surface area (Å²) >= 11 is 3.44. The van der Waals surface area contributed by atoms with Crippen molar-refractivity contribution >= 4 is 50.8 Å². The van der Waals surface area contributed by atoms with Gasteiger partial charge in [0.15, 0.2) is 11.5 Å². The standard InChI is InChI=1S/C24H23N5O2S2/c1-32-12-11-17(29-23(30)14-7-5-6-8-15(14)24(29)31)20-26-21-19-16-9-3-2-4-10-18(16)33-22(19)25-13-28(21)27-20/h5-8,13,17H,2-4,9-12H2,1H3/t17-/m1/s1. The number of benzene rings is 1. The number of aryl methyl sites for hydroxylation is 2. The number of imide groups is 1. The van der Waals surface area contributed by atoms with Crippen LogP contribution in [0.25, 0.3) is 15.9 Å². The predicted molar refractivity (Wildman–Crippen MR) is 130 cm³/mol. The van der Waals surface area contributed by atoms with E-state index in [1.54, 1.807) is 58.2 Å². The number of thioether (sulfide) groups is 1. The Morgan fingerprint density at radius 3 is 2.61 bits per heavy atom. The van der Waals surface area contributed by atoms with Gasteiger partial charge in [0.25, 0.3) is 11.8 Å². The van der Waals surface area contributed by atoms with Crippen molar-refractivity contribution in [1.29, 1.82) is 0 Å². The normalized spacial score (nSPS) is 16.9. The van der Waals surface area contributed by atoms with Gasteiger partial charge < -0.3 is 0 Å². The maximum atomic E-state index is 13.2. The van der Waals surface area contributed by atoms with Gasteiger partial charge >= 0.3 is 0 Å². The van der Waals surface area contributed by atoms with E-state index in [-0.39, 0.29) is 11.8 Å². The molecule has 1 aliphatic heterocycles. The van der Waals surface area contributed by atoms with E-state index in [2.05, 4.69) is 4.98 Å². The summed E-state index contributed by atoms with van der Waals surface area (Å²) < 4.78 is 1.72. The van der Waals surface area contributed by atoms with Gasteiger partial charge in [-0.15, -0.1) is 16.4 Å². The van der Waals surface area contributed by atoms with Crippen molar-refractivity contribution in [3.8, 4) is 0 Å². The van der Waals surface area contributed by atoms with E-state index in [4.69, 9.17) is 10.1 Å². The first-order chi connectivity index (χ1) is 16.2. The van der Waals surface area contributed by atoms with E-state index in [1.165, 1.54) is 34.6 Å². The van der Waals surface area contributed by atoms with Crippen LogP contribution in [0.3, 0.4) is 0 Å². The molecule has 0 fully saturated rings. The molecule has 6 rings (SSSR count). The molecule has 0 unspecified atom stereocenters. The Morgan fingerprint density at radius 1 is 1.09 bits per heavy atom. The smallest absolute Gasteiger partial charge is 0.262 e. The van der Waals surface area contributed by atoms with Crippen LogP contribution in [0.4, 0.5) is 0 Å². The molecule has 33 heavy (non-hydrogen) atoms. The molecule has 7 nitrogen and oxygen atoms in total. The summed E-state index contributed by atoms with van der Waals surface area (Å²) in [5.74, 6) is 0.748. The van der Waals surface area contributed by atoms with Crippen LogP contribution < -0.4 is 0 Å². The summed E-state index contributed by atoms with van der Waals surface area (Å²) in [7, 11) is 0. The van der Waals surface area contributed by atoms with Gasteiger partial charge in [-0.05, 0) is 61.8 Å². The van der Waals surface area contributed by atoms with Gasteiger partial charge in [-0.1, -0.05) is 18.6 Å². The lowest BCUT2D eigenvalue weighted by molar-refractivity contribution is 0.0571. The Hall–Kier alpha value is -2.78. The number of nitrogens with zero attached hydrogens (tertiary/aromatic N) is 5. The molecule has 0 saturated heterocycles. The second-order valence-corrected chi connectivity index (χ2v) is 10.6. The van der Waals surface area contributed by atoms with Crippen molar-refractivity contribution in [1.82, 2.24) is 24.5 Å². The highest BCUT2D eigenvalue weighted by molar-refractivity contribution is 7.98. The van der Waals surface area contributed by atoms with E-state index in [1.807, 2.05) is 6.26 Å². The fourth-order valence-electron chi connectivity index (χ4n) is 4.98. The van der Waals surface area contributed by atoms with Gasteiger partial charge in [0.2, 0.25) is 0 Å². The number of hydrogen-bond acceptors (Lipinski definition) is 7. The van der Waals surface area contributed by atoms with Crippen LogP contribution in [-0.4, -0.2) is 48.3 Å². The molecule has 0 N–H and O–H groups in total. The quantitative estimate of drug-likeness (QED) is 0.306. The first kappa shape index (κ1) is 20.8. The third kappa shape index (κ3) is 3.28. The number of carbonyl (C=O) groups is 2. The van der Waals surface area contributed by atoms with Gasteiger partial charge in [-0.3, -0.25) is 14.5 Å². The number of amides is 2. The zero-order chi connectivity index (χ0) is 22.5. The second kappa shape index (κ2) is 8.22. The maximum Gasteiger partial charge on any atom is 0.262 e. The number of rotatable bonds is 5. The molecule has 9 heteroatoms. The molecule has 0 saturated carbocycles. The first-order valence-electron chi connectivity index (χ1n) is 11.3. The summed E-state index contributed by atoms with van der Waals surface area (Å²) in [4.78, 5) is 39.8. The minimum atomic E-state index is -0.517. The van der Waals surface area contributed by atoms with Crippen LogP contribution in [0, 0.1) is 0 Å². The number of carbonyl (C=O) groups excluding carboxylic acids is 2. The van der Waals surface area contributed by atoms with Crippen LogP contribution in [0.2, 0.25) is 0 Å². The summed E-state index contributed by atoms with van der Waals surface area (Å²) in [5, 5.41) is 5.82. The SMILES string of the molecule is CSCC[C@H](c1nc2c3c4c(sc3ncn2n1)CCCCC4)N1C(=O)c2ccccc2C1=O. The minimum absolute atomic E-state index is 0.270. The molecule has 0 bridgehead atoms. The van der Waals surface area contributed by atoms with Gasteiger partial charge in [-0.25, -0.2) is 14.5 Å². The Bertz CT molecular complexity index is 1370. The third-order valence-corrected chi connectivity index (χ3v) is 8.43. The summed E-state index contributed by atoms with van der Waals surface area (Å²) in [6, 6.07) is 6.49. The molecule has 1 atom stereocenters. The Kier molecular flexibility index (Phi) is 5.18. The van der Waals surface area contributed by atoms with Crippen molar-refractivity contribution in [3.05, 3.63) is 58.0 Å². The van der Waals surface area contributed by atoms with Crippen LogP contribution in [0.5, 0.6) is 0 Å². The summed E-state index contributed by atoms with van der Waals surface area (Å²) in [6.07, 6.45) is 10.1. The number of hydrogen-bond donors (Lipinski definition) is 0. The molecule has 1 aliphatic carbocycles. The van der Waals surface area contributed by atoms with Crippen molar-refractivity contribution in [2.24, 2.45) is 0 Å². The second-order valence-electron chi connectivity index (χ2n) is 8.55. The van der Waals surface area contributed by atoms with E-state index in [0.29, 0.717) is 23.4 Å². The zero-order valence-corrected chi connectivity index (χ0v) is 19.9. The van der Waals surface area contributed by atoms with Crippen molar-refractivity contribution in [2.75, 3.05) is 12.0 Å². The van der Waals surface area contributed by atoms with Crippen molar-refractivity contribution < 1.29 is 9.59 Å². The van der Waals surface area contributed by atoms with Crippen molar-refractivity contribution in [2.45, 2.75) is 44.6 Å². The van der Waals surface area contributed by atoms with Crippen LogP contribution in [0.15, 0.2) is 30.6 Å². The van der Waals surface area contributed by atoms with E-state index in [9.17, 15) is 9.59 Å². The minimum Gasteiger partial charge on any atom is -0.269 e. The lowest BCUT2D eigenvalue weighted by Crippen LogP contribution is -2.35. The molecule has 4 heterocycles. The zero-order valence-electron chi connectivity index (χ0n) is 18.3. The molecule has 0 radical (unpaired) electrons. The highest BCUT2D eigenvalue weighted by atomic mass is 32.2. The topological polar surface area (TPSA) is 80.5 Å². The lowest BCUT2D eigenvalue weighted by atomic mass is 10.1. The molecule has 168 valence electrons. The fraction of sp³-hybridized carbons (Fsp3) is 0.375. The van der Waals surface area contributed by atoms with Crippen LogP contribution in [-0.2, 0) is 12.8 Å². The van der Waals surface area contributed by atoms with Gasteiger partial charge in [0.05, 0.1) is 16.5 Å². The van der Waals surface area contributed by atoms with E-state index in [0.717, 1.165) is 34.5 Å². The Morgan fingerprint density at radius 2 is 1.85 bits per heavy atom. The summed E-state index contributed by atoms with van der Waals surface area (Å²) in [6.45, 7) is 0. The molecule has 2 amide bonds. The van der Waals surface area contributed by atoms with Gasteiger partial charge in [0, 0.05) is 4.88 Å². The molecule has 1 aromatic carbocycles. The van der Waals surface area contributed by atoms with Gasteiger partial charge in [-0.2, -0.15) is 11.8 Å². The number of fused-ring (bicyclic) bond motifs is 6. The summed E-state index contributed by atoms with van der Waals surface area (Å²) in [5.41, 5.74) is 3.03. The molecular formula is C24H23N5O2S2. The molecule has 3 aromatic heterocycles. The number of thiophene rings is 1. The largest absolute Gasteiger partial charge is 0.269 e. The molecular weight excluding hydrogens is 454 g/mol. The fourth-order valence-corrected chi connectivity index (χ4v) is 6.67. The highest BCUT2D eigenvalue weighted by Crippen LogP contribution is 2.38. The Balaban J connectivity index is 1.48. The molecule has 4 aromatic rings. The molecule has 2 aliphatic rings. The van der Waals surface area contributed by atoms with Crippen molar-refractivity contribution in [3.63, 3.8) is 0 Å². The average Bonchev–Trinajstić information content (AvgIpc) is 3.42. The maximum absolute atomic E-state index is 13.2. The Labute approximate surface area is 199 Å².